The molecule has 7 nitrogen and oxygen atoms in total. The molecule has 0 radical (unpaired) electrons. The van der Waals surface area contributed by atoms with Crippen LogP contribution in [0.4, 0.5) is 0 Å². The molecule has 0 saturated carbocycles. The number of hydrogen-bond donors (Lipinski definition) is 0. The molecule has 2 aromatic rings. The molecule has 0 aliphatic carbocycles. The first kappa shape index (κ1) is 20.6. The summed E-state index contributed by atoms with van der Waals surface area (Å²) in [5, 5.41) is 1.80. The monoisotopic (exact) mass is 399 g/mol. The van der Waals surface area contributed by atoms with Crippen molar-refractivity contribution in [1.82, 2.24) is 4.90 Å². The molecule has 3 rings (SSSR count). The van der Waals surface area contributed by atoms with E-state index in [-0.39, 0.29) is 12.2 Å². The van der Waals surface area contributed by atoms with Crippen LogP contribution in [-0.4, -0.2) is 55.7 Å². The normalized spacial score (nSPS) is 16.3. The van der Waals surface area contributed by atoms with E-state index >= 15 is 0 Å². The topological polar surface area (TPSA) is 82.1 Å². The zero-order valence-electron chi connectivity index (χ0n) is 16.7. The van der Waals surface area contributed by atoms with E-state index in [2.05, 4.69) is 0 Å². The van der Waals surface area contributed by atoms with Gasteiger partial charge in [-0.2, -0.15) is 0 Å². The largest absolute Gasteiger partial charge is 0.496 e. The summed E-state index contributed by atoms with van der Waals surface area (Å²) in [5.41, 5.74) is 0.250. The zero-order valence-corrected chi connectivity index (χ0v) is 16.7. The Kier molecular flexibility index (Phi) is 6.69. The van der Waals surface area contributed by atoms with Crippen molar-refractivity contribution >= 4 is 28.6 Å². The highest BCUT2D eigenvalue weighted by Crippen LogP contribution is 2.27. The van der Waals surface area contributed by atoms with Gasteiger partial charge in [0.1, 0.15) is 17.4 Å². The number of ether oxygens (including phenoxy) is 3. The van der Waals surface area contributed by atoms with Crippen LogP contribution in [0.2, 0.25) is 0 Å². The minimum absolute atomic E-state index is 0.250. The molecule has 1 atom stereocenters. The van der Waals surface area contributed by atoms with Crippen LogP contribution < -0.4 is 4.74 Å². The number of likely N-dealkylation sites (tertiary alicyclic amines) is 1. The third-order valence-corrected chi connectivity index (χ3v) is 5.00. The summed E-state index contributed by atoms with van der Waals surface area (Å²) >= 11 is 0. The molecule has 1 aliphatic heterocycles. The van der Waals surface area contributed by atoms with Crippen molar-refractivity contribution < 1.29 is 28.6 Å². The number of rotatable bonds is 6. The van der Waals surface area contributed by atoms with Gasteiger partial charge >= 0.3 is 11.9 Å². The van der Waals surface area contributed by atoms with Crippen LogP contribution in [0.15, 0.2) is 36.4 Å². The predicted molar refractivity (Wildman–Crippen MR) is 107 cm³/mol. The van der Waals surface area contributed by atoms with Gasteiger partial charge in [-0.1, -0.05) is 24.3 Å². The van der Waals surface area contributed by atoms with Crippen molar-refractivity contribution in [3.05, 3.63) is 42.0 Å². The van der Waals surface area contributed by atoms with Gasteiger partial charge in [-0.3, -0.25) is 4.79 Å². The highest BCUT2D eigenvalue weighted by molar-refractivity contribution is 5.99. The third-order valence-electron chi connectivity index (χ3n) is 5.00. The Morgan fingerprint density at radius 3 is 2.48 bits per heavy atom. The number of hydrogen-bond acceptors (Lipinski definition) is 6. The van der Waals surface area contributed by atoms with Gasteiger partial charge in [-0.15, -0.1) is 0 Å². The second-order valence-electron chi connectivity index (χ2n) is 6.83. The summed E-state index contributed by atoms with van der Waals surface area (Å²) in [6.45, 7) is 1.99. The van der Waals surface area contributed by atoms with E-state index in [1.807, 2.05) is 24.3 Å². The van der Waals surface area contributed by atoms with Crippen molar-refractivity contribution in [3.8, 4) is 5.75 Å². The maximum absolute atomic E-state index is 12.6. The summed E-state index contributed by atoms with van der Waals surface area (Å²) < 4.78 is 15.6. The standard InChI is InChI=1S/C22H25NO6/c1-3-28-22(26)18-10-6-7-11-23(18)20(24)14-29-21(25)17-12-15-8-4-5-9-16(15)13-19(17)27-2/h4-5,8-9,12-13,18H,3,6-7,10-11,14H2,1-2H3/t18-/m0/s1. The van der Waals surface area contributed by atoms with E-state index < -0.39 is 30.5 Å². The lowest BCUT2D eigenvalue weighted by atomic mass is 10.0. The van der Waals surface area contributed by atoms with E-state index in [1.165, 1.54) is 12.0 Å². The second kappa shape index (κ2) is 9.41. The molecule has 1 heterocycles. The average Bonchev–Trinajstić information content (AvgIpc) is 2.76. The van der Waals surface area contributed by atoms with Crippen molar-refractivity contribution in [2.45, 2.75) is 32.2 Å². The van der Waals surface area contributed by atoms with Crippen LogP contribution in [0.25, 0.3) is 10.8 Å². The molecule has 0 N–H and O–H groups in total. The summed E-state index contributed by atoms with van der Waals surface area (Å²) in [6.07, 6.45) is 2.20. The molecule has 0 aromatic heterocycles. The van der Waals surface area contributed by atoms with Gasteiger partial charge in [0.25, 0.3) is 5.91 Å². The molecule has 0 bridgehead atoms. The summed E-state index contributed by atoms with van der Waals surface area (Å²) in [5.74, 6) is -1.09. The zero-order chi connectivity index (χ0) is 20.8. The van der Waals surface area contributed by atoms with Crippen LogP contribution in [0.1, 0.15) is 36.5 Å². The minimum Gasteiger partial charge on any atom is -0.496 e. The number of esters is 2. The highest BCUT2D eigenvalue weighted by Gasteiger charge is 2.33. The fraction of sp³-hybridized carbons (Fsp3) is 0.409. The van der Waals surface area contributed by atoms with Gasteiger partial charge in [-0.05, 0) is 49.1 Å². The number of benzene rings is 2. The first-order chi connectivity index (χ1) is 14.0. The summed E-state index contributed by atoms with van der Waals surface area (Å²) in [6, 6.07) is 10.4. The fourth-order valence-electron chi connectivity index (χ4n) is 3.55. The molecule has 0 unspecified atom stereocenters. The number of piperidine rings is 1. The number of fused-ring (bicyclic) bond motifs is 1. The SMILES string of the molecule is CCOC(=O)[C@@H]1CCCCN1C(=O)COC(=O)c1cc2ccccc2cc1OC. The molecular weight excluding hydrogens is 374 g/mol. The molecule has 0 spiro atoms. The lowest BCUT2D eigenvalue weighted by Gasteiger charge is -2.33. The van der Waals surface area contributed by atoms with Crippen molar-refractivity contribution in [3.63, 3.8) is 0 Å². The molecule has 154 valence electrons. The smallest absolute Gasteiger partial charge is 0.342 e. The van der Waals surface area contributed by atoms with Gasteiger partial charge in [0.2, 0.25) is 0 Å². The summed E-state index contributed by atoms with van der Waals surface area (Å²) in [4.78, 5) is 38.8. The lowest BCUT2D eigenvalue weighted by molar-refractivity contribution is -0.157. The molecular formula is C22H25NO6. The maximum atomic E-state index is 12.6. The number of carbonyl (C=O) groups excluding carboxylic acids is 3. The van der Waals surface area contributed by atoms with E-state index in [1.54, 1.807) is 19.1 Å². The Bertz CT molecular complexity index is 909. The van der Waals surface area contributed by atoms with Crippen molar-refractivity contribution in [2.75, 3.05) is 26.9 Å². The first-order valence-corrected chi connectivity index (χ1v) is 9.75. The molecule has 2 aromatic carbocycles. The van der Waals surface area contributed by atoms with Crippen LogP contribution >= 0.6 is 0 Å². The Morgan fingerprint density at radius 1 is 1.07 bits per heavy atom. The predicted octanol–water partition coefficient (Wildman–Crippen LogP) is 2.95. The maximum Gasteiger partial charge on any atom is 0.342 e. The lowest BCUT2D eigenvalue weighted by Crippen LogP contribution is -2.50. The van der Waals surface area contributed by atoms with Gasteiger partial charge in [0.15, 0.2) is 6.61 Å². The number of amides is 1. The Balaban J connectivity index is 1.70. The quantitative estimate of drug-likeness (QED) is 0.695. The van der Waals surface area contributed by atoms with Gasteiger partial charge < -0.3 is 19.1 Å². The number of carbonyl (C=O) groups is 3. The van der Waals surface area contributed by atoms with Gasteiger partial charge in [0, 0.05) is 6.54 Å². The van der Waals surface area contributed by atoms with Gasteiger partial charge in [-0.25, -0.2) is 9.59 Å². The molecule has 1 saturated heterocycles. The third kappa shape index (κ3) is 4.67. The molecule has 29 heavy (non-hydrogen) atoms. The number of nitrogens with zero attached hydrogens (tertiary/aromatic N) is 1. The summed E-state index contributed by atoms with van der Waals surface area (Å²) in [7, 11) is 1.48. The Morgan fingerprint density at radius 2 is 1.79 bits per heavy atom. The first-order valence-electron chi connectivity index (χ1n) is 9.75. The average molecular weight is 399 g/mol. The van der Waals surface area contributed by atoms with E-state index in [0.29, 0.717) is 18.7 Å². The molecule has 7 heteroatoms. The van der Waals surface area contributed by atoms with Crippen LogP contribution in [0.5, 0.6) is 5.75 Å². The van der Waals surface area contributed by atoms with E-state index in [9.17, 15) is 14.4 Å². The Labute approximate surface area is 169 Å². The molecule has 1 amide bonds. The van der Waals surface area contributed by atoms with Crippen LogP contribution in [-0.2, 0) is 19.1 Å². The Hall–Kier alpha value is -3.09. The van der Waals surface area contributed by atoms with Crippen LogP contribution in [0, 0.1) is 0 Å². The molecule has 1 aliphatic rings. The van der Waals surface area contributed by atoms with E-state index in [0.717, 1.165) is 23.6 Å². The molecule has 1 fully saturated rings. The highest BCUT2D eigenvalue weighted by atomic mass is 16.5. The van der Waals surface area contributed by atoms with Crippen LogP contribution in [0.3, 0.4) is 0 Å². The number of methoxy groups -OCH3 is 1. The van der Waals surface area contributed by atoms with E-state index in [4.69, 9.17) is 14.2 Å². The van der Waals surface area contributed by atoms with Crippen molar-refractivity contribution in [1.29, 1.82) is 0 Å². The fourth-order valence-corrected chi connectivity index (χ4v) is 3.55. The second-order valence-corrected chi connectivity index (χ2v) is 6.83. The minimum atomic E-state index is -0.648. The van der Waals surface area contributed by atoms with Gasteiger partial charge in [0.05, 0.1) is 13.7 Å². The van der Waals surface area contributed by atoms with Crippen molar-refractivity contribution in [2.24, 2.45) is 0 Å².